The van der Waals surface area contributed by atoms with E-state index in [1.165, 1.54) is 0 Å². The van der Waals surface area contributed by atoms with Gasteiger partial charge in [0.25, 0.3) is 0 Å². The summed E-state index contributed by atoms with van der Waals surface area (Å²) in [5.74, 6) is -0.204. The molecule has 1 aromatic carbocycles. The van der Waals surface area contributed by atoms with E-state index in [-0.39, 0.29) is 11.8 Å². The summed E-state index contributed by atoms with van der Waals surface area (Å²) >= 11 is 5.56. The average molecular weight is 224 g/mol. The van der Waals surface area contributed by atoms with Gasteiger partial charge in [0.1, 0.15) is 0 Å². The molecule has 0 radical (unpaired) electrons. The van der Waals surface area contributed by atoms with Gasteiger partial charge in [-0.2, -0.15) is 0 Å². The van der Waals surface area contributed by atoms with Crippen molar-refractivity contribution in [3.8, 4) is 0 Å². The predicted octanol–water partition coefficient (Wildman–Crippen LogP) is 2.66. The second kappa shape index (κ2) is 5.56. The van der Waals surface area contributed by atoms with Crippen molar-refractivity contribution in [2.24, 2.45) is 0 Å². The molecule has 1 unspecified atom stereocenters. The Kier molecular flexibility index (Phi) is 4.37. The van der Waals surface area contributed by atoms with Crippen molar-refractivity contribution < 1.29 is 4.79 Å². The molecule has 0 bridgehead atoms. The van der Waals surface area contributed by atoms with Crippen LogP contribution in [0.2, 0.25) is 0 Å². The molecule has 0 aromatic heterocycles. The zero-order valence-electron chi connectivity index (χ0n) is 8.66. The largest absolute Gasteiger partial charge is 0.351 e. The molecule has 2 nitrogen and oxygen atoms in total. The van der Waals surface area contributed by atoms with E-state index in [9.17, 15) is 4.79 Å². The third-order valence-corrected chi connectivity index (χ3v) is 2.28. The summed E-state index contributed by atoms with van der Waals surface area (Å²) in [4.78, 5) is 11.6. The Balaban J connectivity index is 2.57. The van der Waals surface area contributed by atoms with Crippen molar-refractivity contribution in [1.29, 1.82) is 0 Å². The van der Waals surface area contributed by atoms with Gasteiger partial charge in [-0.15, -0.1) is 0 Å². The summed E-state index contributed by atoms with van der Waals surface area (Å²) in [6.45, 7) is 5.69. The Morgan fingerprint density at radius 1 is 1.47 bits per heavy atom. The lowest BCUT2D eigenvalue weighted by atomic mass is 10.0. The quantitative estimate of drug-likeness (QED) is 0.836. The number of amides is 1. The van der Waals surface area contributed by atoms with Crippen LogP contribution in [0.15, 0.2) is 41.9 Å². The van der Waals surface area contributed by atoms with Gasteiger partial charge in [0.15, 0.2) is 0 Å². The molecule has 0 saturated carbocycles. The molecule has 80 valence electrons. The van der Waals surface area contributed by atoms with Crippen molar-refractivity contribution in [3.63, 3.8) is 0 Å². The molecule has 0 heterocycles. The van der Waals surface area contributed by atoms with Crippen LogP contribution in [0.3, 0.4) is 0 Å². The van der Waals surface area contributed by atoms with E-state index in [4.69, 9.17) is 11.6 Å². The fourth-order valence-corrected chi connectivity index (χ4v) is 1.30. The first-order chi connectivity index (χ1) is 7.11. The molecule has 0 spiro atoms. The maximum Gasteiger partial charge on any atom is 0.227 e. The van der Waals surface area contributed by atoms with Crippen LogP contribution in [-0.4, -0.2) is 12.5 Å². The van der Waals surface area contributed by atoms with Crippen LogP contribution in [0.25, 0.3) is 0 Å². The number of carbonyl (C=O) groups is 1. The minimum Gasteiger partial charge on any atom is -0.351 e. The van der Waals surface area contributed by atoms with Gasteiger partial charge in [0.2, 0.25) is 5.91 Å². The predicted molar refractivity (Wildman–Crippen MR) is 62.9 cm³/mol. The van der Waals surface area contributed by atoms with Gasteiger partial charge in [0.05, 0.1) is 12.5 Å². The minimum atomic E-state index is -0.165. The molecular weight excluding hydrogens is 210 g/mol. The highest BCUT2D eigenvalue weighted by molar-refractivity contribution is 6.29. The van der Waals surface area contributed by atoms with E-state index < -0.39 is 0 Å². The maximum atomic E-state index is 11.6. The third-order valence-electron chi connectivity index (χ3n) is 2.15. The van der Waals surface area contributed by atoms with E-state index in [0.29, 0.717) is 11.6 Å². The summed E-state index contributed by atoms with van der Waals surface area (Å²) < 4.78 is 0. The Morgan fingerprint density at radius 2 is 2.07 bits per heavy atom. The van der Waals surface area contributed by atoms with Crippen LogP contribution in [0, 0.1) is 0 Å². The maximum absolute atomic E-state index is 11.6. The first kappa shape index (κ1) is 11.8. The number of halogens is 1. The molecular formula is C12H14ClNO. The molecule has 15 heavy (non-hydrogen) atoms. The van der Waals surface area contributed by atoms with Gasteiger partial charge in [-0.3, -0.25) is 4.79 Å². The smallest absolute Gasteiger partial charge is 0.227 e. The molecule has 1 N–H and O–H groups in total. The third kappa shape index (κ3) is 3.76. The second-order valence-electron chi connectivity index (χ2n) is 3.37. The standard InChI is InChI=1S/C12H14ClNO/c1-9(13)8-14-12(15)10(2)11-6-4-3-5-7-11/h3-7,10H,1,8H2,2H3,(H,14,15). The highest BCUT2D eigenvalue weighted by Gasteiger charge is 2.13. The van der Waals surface area contributed by atoms with Gasteiger partial charge >= 0.3 is 0 Å². The van der Waals surface area contributed by atoms with Crippen LogP contribution in [0.1, 0.15) is 18.4 Å². The second-order valence-corrected chi connectivity index (χ2v) is 3.90. The van der Waals surface area contributed by atoms with Crippen LogP contribution in [0.4, 0.5) is 0 Å². The molecule has 1 aromatic rings. The number of hydrogen-bond donors (Lipinski definition) is 1. The number of rotatable bonds is 4. The average Bonchev–Trinajstić information content (AvgIpc) is 2.26. The van der Waals surface area contributed by atoms with Crippen molar-refractivity contribution in [1.82, 2.24) is 5.32 Å². The van der Waals surface area contributed by atoms with Crippen molar-refractivity contribution in [2.45, 2.75) is 12.8 Å². The van der Waals surface area contributed by atoms with Crippen LogP contribution >= 0.6 is 11.6 Å². The van der Waals surface area contributed by atoms with E-state index in [2.05, 4.69) is 11.9 Å². The van der Waals surface area contributed by atoms with E-state index in [1.807, 2.05) is 37.3 Å². The number of hydrogen-bond acceptors (Lipinski definition) is 1. The Bertz CT molecular complexity index is 348. The van der Waals surface area contributed by atoms with Gasteiger partial charge in [0, 0.05) is 5.03 Å². The number of carbonyl (C=O) groups excluding carboxylic acids is 1. The van der Waals surface area contributed by atoms with Gasteiger partial charge in [-0.1, -0.05) is 48.5 Å². The van der Waals surface area contributed by atoms with E-state index in [0.717, 1.165) is 5.56 Å². The van der Waals surface area contributed by atoms with Crippen LogP contribution < -0.4 is 5.32 Å². The highest BCUT2D eigenvalue weighted by atomic mass is 35.5. The molecule has 0 saturated heterocycles. The molecule has 3 heteroatoms. The fraction of sp³-hybridized carbons (Fsp3) is 0.250. The normalized spacial score (nSPS) is 11.9. The van der Waals surface area contributed by atoms with Crippen molar-refractivity contribution in [3.05, 3.63) is 47.5 Å². The van der Waals surface area contributed by atoms with Crippen molar-refractivity contribution >= 4 is 17.5 Å². The minimum absolute atomic E-state index is 0.0389. The SMILES string of the molecule is C=C(Cl)CNC(=O)C(C)c1ccccc1. The number of nitrogens with one attached hydrogen (secondary N) is 1. The Hall–Kier alpha value is -1.28. The van der Waals surface area contributed by atoms with Gasteiger partial charge < -0.3 is 5.32 Å². The summed E-state index contributed by atoms with van der Waals surface area (Å²) in [6.07, 6.45) is 0. The van der Waals surface area contributed by atoms with Crippen LogP contribution in [-0.2, 0) is 4.79 Å². The zero-order chi connectivity index (χ0) is 11.3. The van der Waals surface area contributed by atoms with Crippen molar-refractivity contribution in [2.75, 3.05) is 6.54 Å². The lowest BCUT2D eigenvalue weighted by Crippen LogP contribution is -2.28. The number of benzene rings is 1. The van der Waals surface area contributed by atoms with Gasteiger partial charge in [-0.25, -0.2) is 0 Å². The lowest BCUT2D eigenvalue weighted by Gasteiger charge is -2.11. The highest BCUT2D eigenvalue weighted by Crippen LogP contribution is 2.14. The molecule has 1 rings (SSSR count). The lowest BCUT2D eigenvalue weighted by molar-refractivity contribution is -0.122. The van der Waals surface area contributed by atoms with E-state index in [1.54, 1.807) is 0 Å². The molecule has 0 aliphatic carbocycles. The molecule has 1 amide bonds. The fourth-order valence-electron chi connectivity index (χ4n) is 1.23. The first-order valence-corrected chi connectivity index (χ1v) is 5.15. The summed E-state index contributed by atoms with van der Waals surface area (Å²) in [5, 5.41) is 3.14. The summed E-state index contributed by atoms with van der Waals surface area (Å²) in [6, 6.07) is 9.62. The van der Waals surface area contributed by atoms with Crippen LogP contribution in [0.5, 0.6) is 0 Å². The Morgan fingerprint density at radius 3 is 2.60 bits per heavy atom. The summed E-state index contributed by atoms with van der Waals surface area (Å²) in [7, 11) is 0. The molecule has 0 aliphatic rings. The molecule has 0 fully saturated rings. The Labute approximate surface area is 94.9 Å². The zero-order valence-corrected chi connectivity index (χ0v) is 9.42. The first-order valence-electron chi connectivity index (χ1n) is 4.77. The molecule has 0 aliphatic heterocycles. The monoisotopic (exact) mass is 223 g/mol. The topological polar surface area (TPSA) is 29.1 Å². The van der Waals surface area contributed by atoms with Gasteiger partial charge in [-0.05, 0) is 12.5 Å². The summed E-state index contributed by atoms with van der Waals surface area (Å²) in [5.41, 5.74) is 0.996. The molecule has 1 atom stereocenters. The van der Waals surface area contributed by atoms with E-state index >= 15 is 0 Å².